The Bertz CT molecular complexity index is 513. The molecule has 0 aliphatic carbocycles. The Morgan fingerprint density at radius 1 is 1.20 bits per heavy atom. The lowest BCUT2D eigenvalue weighted by molar-refractivity contribution is -0.124. The van der Waals surface area contributed by atoms with Crippen LogP contribution in [0.1, 0.15) is 31.9 Å². The van der Waals surface area contributed by atoms with E-state index in [2.05, 4.69) is 10.6 Å². The standard InChI is InChI=1S/C16H22N2O2/c1-12-7-5-6-8-13(12)9-10-14(19)17-11-15(20)18-16(2,3)4/h5-10H,11H2,1-4H3,(H,17,19)(H,18,20)/b10-9+. The van der Waals surface area contributed by atoms with Gasteiger partial charge < -0.3 is 10.6 Å². The van der Waals surface area contributed by atoms with Crippen molar-refractivity contribution in [3.63, 3.8) is 0 Å². The van der Waals surface area contributed by atoms with Crippen molar-refractivity contribution >= 4 is 17.9 Å². The first-order valence-corrected chi connectivity index (χ1v) is 6.60. The van der Waals surface area contributed by atoms with Crippen molar-refractivity contribution in [3.8, 4) is 0 Å². The molecule has 20 heavy (non-hydrogen) atoms. The second-order valence-corrected chi connectivity index (χ2v) is 5.71. The molecular weight excluding hydrogens is 252 g/mol. The first-order valence-electron chi connectivity index (χ1n) is 6.60. The van der Waals surface area contributed by atoms with Gasteiger partial charge in [0, 0.05) is 11.6 Å². The van der Waals surface area contributed by atoms with E-state index < -0.39 is 0 Å². The Morgan fingerprint density at radius 2 is 1.85 bits per heavy atom. The SMILES string of the molecule is Cc1ccccc1/C=C/C(=O)NCC(=O)NC(C)(C)C. The van der Waals surface area contributed by atoms with E-state index in [0.29, 0.717) is 0 Å². The zero-order valence-corrected chi connectivity index (χ0v) is 12.5. The van der Waals surface area contributed by atoms with Gasteiger partial charge in [0.1, 0.15) is 0 Å². The Kier molecular flexibility index (Phi) is 5.50. The van der Waals surface area contributed by atoms with Crippen molar-refractivity contribution in [1.82, 2.24) is 10.6 Å². The third-order valence-corrected chi connectivity index (χ3v) is 2.54. The third-order valence-electron chi connectivity index (χ3n) is 2.54. The minimum atomic E-state index is -0.293. The largest absolute Gasteiger partial charge is 0.350 e. The van der Waals surface area contributed by atoms with E-state index in [1.165, 1.54) is 6.08 Å². The Hall–Kier alpha value is -2.10. The van der Waals surface area contributed by atoms with Crippen molar-refractivity contribution in [2.24, 2.45) is 0 Å². The highest BCUT2D eigenvalue weighted by Gasteiger charge is 2.13. The quantitative estimate of drug-likeness (QED) is 0.825. The number of carbonyl (C=O) groups excluding carboxylic acids is 2. The summed E-state index contributed by atoms with van der Waals surface area (Å²) >= 11 is 0. The van der Waals surface area contributed by atoms with Gasteiger partial charge in [0.05, 0.1) is 6.54 Å². The number of nitrogens with one attached hydrogen (secondary N) is 2. The molecule has 0 aliphatic heterocycles. The molecule has 0 heterocycles. The number of hydrogen-bond acceptors (Lipinski definition) is 2. The van der Waals surface area contributed by atoms with E-state index in [9.17, 15) is 9.59 Å². The summed E-state index contributed by atoms with van der Waals surface area (Å²) in [5.41, 5.74) is 1.79. The second-order valence-electron chi connectivity index (χ2n) is 5.71. The highest BCUT2D eigenvalue weighted by atomic mass is 16.2. The average molecular weight is 274 g/mol. The summed E-state index contributed by atoms with van der Waals surface area (Å²) in [6, 6.07) is 7.78. The van der Waals surface area contributed by atoms with Gasteiger partial charge in [0.15, 0.2) is 0 Å². The molecule has 2 N–H and O–H groups in total. The monoisotopic (exact) mass is 274 g/mol. The van der Waals surface area contributed by atoms with Crippen molar-refractivity contribution in [3.05, 3.63) is 41.5 Å². The fourth-order valence-corrected chi connectivity index (χ4v) is 1.63. The molecule has 0 atom stereocenters. The predicted molar refractivity (Wildman–Crippen MR) is 81.1 cm³/mol. The van der Waals surface area contributed by atoms with Gasteiger partial charge in [-0.3, -0.25) is 9.59 Å². The van der Waals surface area contributed by atoms with Crippen LogP contribution in [-0.2, 0) is 9.59 Å². The first kappa shape index (κ1) is 16.0. The van der Waals surface area contributed by atoms with Gasteiger partial charge in [-0.15, -0.1) is 0 Å². The Labute approximate surface area is 120 Å². The lowest BCUT2D eigenvalue weighted by Gasteiger charge is -2.20. The molecule has 0 aromatic heterocycles. The summed E-state index contributed by atoms with van der Waals surface area (Å²) in [5, 5.41) is 5.34. The molecule has 0 unspecified atom stereocenters. The van der Waals surface area contributed by atoms with E-state index in [1.807, 2.05) is 52.0 Å². The summed E-state index contributed by atoms with van der Waals surface area (Å²) in [7, 11) is 0. The molecule has 1 aromatic rings. The van der Waals surface area contributed by atoms with Crippen LogP contribution in [-0.4, -0.2) is 23.9 Å². The minimum absolute atomic E-state index is 0.0196. The lowest BCUT2D eigenvalue weighted by Crippen LogP contribution is -2.45. The molecule has 0 saturated carbocycles. The molecule has 0 saturated heterocycles. The highest BCUT2D eigenvalue weighted by molar-refractivity contribution is 5.94. The Balaban J connectivity index is 2.45. The van der Waals surface area contributed by atoms with Gasteiger partial charge in [0.2, 0.25) is 11.8 Å². The van der Waals surface area contributed by atoms with Crippen LogP contribution in [0.25, 0.3) is 6.08 Å². The lowest BCUT2D eigenvalue weighted by atomic mass is 10.1. The maximum atomic E-state index is 11.6. The minimum Gasteiger partial charge on any atom is -0.350 e. The van der Waals surface area contributed by atoms with Crippen LogP contribution >= 0.6 is 0 Å². The maximum absolute atomic E-state index is 11.6. The summed E-state index contributed by atoms with van der Waals surface area (Å²) in [6.45, 7) is 7.64. The van der Waals surface area contributed by atoms with Crippen LogP contribution in [0, 0.1) is 6.92 Å². The van der Waals surface area contributed by atoms with Gasteiger partial charge in [-0.25, -0.2) is 0 Å². The van der Waals surface area contributed by atoms with Crippen LogP contribution < -0.4 is 10.6 Å². The number of benzene rings is 1. The maximum Gasteiger partial charge on any atom is 0.244 e. The number of carbonyl (C=O) groups is 2. The zero-order valence-electron chi connectivity index (χ0n) is 12.5. The molecule has 1 aromatic carbocycles. The molecule has 0 aliphatic rings. The van der Waals surface area contributed by atoms with Gasteiger partial charge in [-0.1, -0.05) is 24.3 Å². The Morgan fingerprint density at radius 3 is 2.45 bits per heavy atom. The van der Waals surface area contributed by atoms with Crippen LogP contribution in [0.3, 0.4) is 0 Å². The second kappa shape index (κ2) is 6.89. The van der Waals surface area contributed by atoms with Crippen molar-refractivity contribution in [2.75, 3.05) is 6.54 Å². The van der Waals surface area contributed by atoms with Crippen LogP contribution in [0.15, 0.2) is 30.3 Å². The first-order chi connectivity index (χ1) is 9.28. The highest BCUT2D eigenvalue weighted by Crippen LogP contribution is 2.08. The number of aryl methyl sites for hydroxylation is 1. The van der Waals surface area contributed by atoms with Crippen molar-refractivity contribution in [1.29, 1.82) is 0 Å². The average Bonchev–Trinajstić information content (AvgIpc) is 2.33. The molecular formula is C16H22N2O2. The van der Waals surface area contributed by atoms with Crippen LogP contribution in [0.2, 0.25) is 0 Å². The van der Waals surface area contributed by atoms with E-state index >= 15 is 0 Å². The van der Waals surface area contributed by atoms with Crippen LogP contribution in [0.4, 0.5) is 0 Å². The van der Waals surface area contributed by atoms with Gasteiger partial charge in [-0.2, -0.15) is 0 Å². The normalized spacial score (nSPS) is 11.4. The molecule has 2 amide bonds. The van der Waals surface area contributed by atoms with E-state index in [0.717, 1.165) is 11.1 Å². The van der Waals surface area contributed by atoms with Crippen molar-refractivity contribution in [2.45, 2.75) is 33.2 Å². The van der Waals surface area contributed by atoms with E-state index in [1.54, 1.807) is 6.08 Å². The molecule has 108 valence electrons. The summed E-state index contributed by atoms with van der Waals surface area (Å²) in [5.74, 6) is -0.479. The third kappa shape index (κ3) is 6.18. The van der Waals surface area contributed by atoms with Crippen LogP contribution in [0.5, 0.6) is 0 Å². The van der Waals surface area contributed by atoms with Gasteiger partial charge in [0.25, 0.3) is 0 Å². The fraction of sp³-hybridized carbons (Fsp3) is 0.375. The zero-order chi connectivity index (χ0) is 15.2. The molecule has 4 nitrogen and oxygen atoms in total. The molecule has 1 rings (SSSR count). The molecule has 4 heteroatoms. The summed E-state index contributed by atoms with van der Waals surface area (Å²) < 4.78 is 0. The van der Waals surface area contributed by atoms with E-state index in [-0.39, 0.29) is 23.9 Å². The number of rotatable bonds is 4. The molecule has 0 fully saturated rings. The number of hydrogen-bond donors (Lipinski definition) is 2. The number of amides is 2. The predicted octanol–water partition coefficient (Wildman–Crippen LogP) is 2.04. The summed E-state index contributed by atoms with van der Waals surface area (Å²) in [4.78, 5) is 23.2. The van der Waals surface area contributed by atoms with Crippen molar-refractivity contribution < 1.29 is 9.59 Å². The summed E-state index contributed by atoms with van der Waals surface area (Å²) in [6.07, 6.45) is 3.18. The topological polar surface area (TPSA) is 58.2 Å². The molecule has 0 spiro atoms. The molecule has 0 bridgehead atoms. The smallest absolute Gasteiger partial charge is 0.244 e. The fourth-order valence-electron chi connectivity index (χ4n) is 1.63. The van der Waals surface area contributed by atoms with Gasteiger partial charge >= 0.3 is 0 Å². The van der Waals surface area contributed by atoms with Gasteiger partial charge in [-0.05, 0) is 44.9 Å². The molecule has 0 radical (unpaired) electrons. The van der Waals surface area contributed by atoms with E-state index in [4.69, 9.17) is 0 Å².